The van der Waals surface area contributed by atoms with Crippen molar-refractivity contribution in [3.05, 3.63) is 53.7 Å². The van der Waals surface area contributed by atoms with Crippen LogP contribution in [0.4, 0.5) is 0 Å². The smallest absolute Gasteiger partial charge is 0.237 e. The number of rotatable bonds is 5. The third-order valence-corrected chi connectivity index (χ3v) is 5.46. The summed E-state index contributed by atoms with van der Waals surface area (Å²) in [5.41, 5.74) is 1.21. The highest BCUT2D eigenvalue weighted by molar-refractivity contribution is 5.78. The molecule has 4 rings (SSSR count). The second-order valence-corrected chi connectivity index (χ2v) is 7.41. The number of hydrogen-bond acceptors (Lipinski definition) is 4. The third kappa shape index (κ3) is 3.98. The summed E-state index contributed by atoms with van der Waals surface area (Å²) in [6, 6.07) is 10.3. The zero-order valence-corrected chi connectivity index (χ0v) is 15.3. The van der Waals surface area contributed by atoms with E-state index >= 15 is 0 Å². The number of aromatic nitrogens is 1. The van der Waals surface area contributed by atoms with Crippen LogP contribution in [0.5, 0.6) is 0 Å². The zero-order chi connectivity index (χ0) is 17.8. The highest BCUT2D eigenvalue weighted by Gasteiger charge is 2.32. The molecule has 1 aromatic heterocycles. The molecule has 1 atom stereocenters. The van der Waals surface area contributed by atoms with E-state index in [2.05, 4.69) is 22.0 Å². The predicted molar refractivity (Wildman–Crippen MR) is 99.7 cm³/mol. The van der Waals surface area contributed by atoms with Crippen LogP contribution < -0.4 is 0 Å². The number of oxazole rings is 1. The van der Waals surface area contributed by atoms with Gasteiger partial charge < -0.3 is 9.32 Å². The van der Waals surface area contributed by atoms with Gasteiger partial charge in [-0.2, -0.15) is 0 Å². The fourth-order valence-corrected chi connectivity index (χ4v) is 4.07. The fourth-order valence-electron chi connectivity index (χ4n) is 4.07. The van der Waals surface area contributed by atoms with Crippen LogP contribution in [0.2, 0.25) is 0 Å². The van der Waals surface area contributed by atoms with Gasteiger partial charge in [-0.15, -0.1) is 0 Å². The molecule has 1 unspecified atom stereocenters. The predicted octanol–water partition coefficient (Wildman–Crippen LogP) is 3.41. The highest BCUT2D eigenvalue weighted by atomic mass is 16.4. The molecule has 0 bridgehead atoms. The maximum absolute atomic E-state index is 12.9. The van der Waals surface area contributed by atoms with E-state index in [0.29, 0.717) is 12.4 Å². The normalized spacial score (nSPS) is 21.2. The molecule has 2 saturated heterocycles. The standard InChI is InChI=1S/C21H27N3O2/c25-20(16-23-11-6-7-12-23)24-13-5-4-10-19(24)21-22-15-18(26-21)14-17-8-2-1-3-9-17/h1-3,8-9,15,19H,4-7,10-14,16H2. The fraction of sp³-hybridized carbons (Fsp3) is 0.524. The minimum Gasteiger partial charge on any atom is -0.443 e. The van der Waals surface area contributed by atoms with Gasteiger partial charge >= 0.3 is 0 Å². The summed E-state index contributed by atoms with van der Waals surface area (Å²) < 4.78 is 6.06. The van der Waals surface area contributed by atoms with E-state index in [4.69, 9.17) is 4.42 Å². The molecule has 0 aliphatic carbocycles. The molecule has 3 heterocycles. The first kappa shape index (κ1) is 17.3. The Bertz CT molecular complexity index is 722. The number of benzene rings is 1. The van der Waals surface area contributed by atoms with Crippen molar-refractivity contribution >= 4 is 5.91 Å². The molecule has 2 aromatic rings. The topological polar surface area (TPSA) is 49.6 Å². The molecule has 0 saturated carbocycles. The van der Waals surface area contributed by atoms with Crippen molar-refractivity contribution in [2.45, 2.75) is 44.6 Å². The SMILES string of the molecule is O=C(CN1CCCC1)N1CCCCC1c1ncc(Cc2ccccc2)o1. The molecule has 2 fully saturated rings. The van der Waals surface area contributed by atoms with Crippen LogP contribution >= 0.6 is 0 Å². The molecule has 2 aliphatic heterocycles. The lowest BCUT2D eigenvalue weighted by molar-refractivity contribution is -0.136. The highest BCUT2D eigenvalue weighted by Crippen LogP contribution is 2.31. The van der Waals surface area contributed by atoms with Crippen molar-refractivity contribution in [1.82, 2.24) is 14.8 Å². The lowest BCUT2D eigenvalue weighted by atomic mass is 10.0. The second-order valence-electron chi connectivity index (χ2n) is 7.41. The van der Waals surface area contributed by atoms with Crippen molar-refractivity contribution in [1.29, 1.82) is 0 Å². The van der Waals surface area contributed by atoms with Gasteiger partial charge in [0.2, 0.25) is 11.8 Å². The molecule has 5 nitrogen and oxygen atoms in total. The van der Waals surface area contributed by atoms with Crippen LogP contribution in [0, 0.1) is 0 Å². The van der Waals surface area contributed by atoms with Crippen LogP contribution in [0.15, 0.2) is 40.9 Å². The molecular weight excluding hydrogens is 326 g/mol. The maximum Gasteiger partial charge on any atom is 0.237 e. The quantitative estimate of drug-likeness (QED) is 0.826. The summed E-state index contributed by atoms with van der Waals surface area (Å²) in [6.45, 7) is 3.44. The molecule has 1 aromatic carbocycles. The summed E-state index contributed by atoms with van der Waals surface area (Å²) in [5.74, 6) is 1.79. The van der Waals surface area contributed by atoms with Crippen LogP contribution in [-0.4, -0.2) is 46.9 Å². The first-order valence-corrected chi connectivity index (χ1v) is 9.80. The number of carbonyl (C=O) groups is 1. The number of nitrogens with zero attached hydrogens (tertiary/aromatic N) is 3. The molecule has 0 radical (unpaired) electrons. The molecule has 5 heteroatoms. The monoisotopic (exact) mass is 353 g/mol. The van der Waals surface area contributed by atoms with Crippen LogP contribution in [-0.2, 0) is 11.2 Å². The first-order chi connectivity index (χ1) is 12.8. The number of hydrogen-bond donors (Lipinski definition) is 0. The average molecular weight is 353 g/mol. The number of likely N-dealkylation sites (tertiary alicyclic amines) is 2. The summed E-state index contributed by atoms with van der Waals surface area (Å²) in [4.78, 5) is 21.6. The molecular formula is C21H27N3O2. The molecule has 0 spiro atoms. The van der Waals surface area contributed by atoms with Crippen molar-refractivity contribution in [3.8, 4) is 0 Å². The zero-order valence-electron chi connectivity index (χ0n) is 15.3. The Kier molecular flexibility index (Phi) is 5.34. The van der Waals surface area contributed by atoms with Gasteiger partial charge in [-0.05, 0) is 50.8 Å². The Hall–Kier alpha value is -2.14. The van der Waals surface area contributed by atoms with Gasteiger partial charge in [0.25, 0.3) is 0 Å². The largest absolute Gasteiger partial charge is 0.443 e. The molecule has 1 amide bonds. The lowest BCUT2D eigenvalue weighted by Gasteiger charge is -2.34. The van der Waals surface area contributed by atoms with Gasteiger partial charge in [-0.25, -0.2) is 4.98 Å². The number of piperidine rings is 1. The van der Waals surface area contributed by atoms with E-state index in [0.717, 1.165) is 51.1 Å². The van der Waals surface area contributed by atoms with Crippen LogP contribution in [0.1, 0.15) is 55.4 Å². The van der Waals surface area contributed by atoms with Gasteiger partial charge in [0.15, 0.2) is 0 Å². The number of carbonyl (C=O) groups excluding carboxylic acids is 1. The van der Waals surface area contributed by atoms with E-state index in [1.165, 1.54) is 18.4 Å². The van der Waals surface area contributed by atoms with Gasteiger partial charge in [-0.3, -0.25) is 9.69 Å². The lowest BCUT2D eigenvalue weighted by Crippen LogP contribution is -2.43. The molecule has 2 aliphatic rings. The Morgan fingerprint density at radius 3 is 2.65 bits per heavy atom. The van der Waals surface area contributed by atoms with E-state index in [9.17, 15) is 4.79 Å². The van der Waals surface area contributed by atoms with E-state index in [1.54, 1.807) is 0 Å². The van der Waals surface area contributed by atoms with Crippen LogP contribution in [0.25, 0.3) is 0 Å². The summed E-state index contributed by atoms with van der Waals surface area (Å²) in [5, 5.41) is 0. The molecule has 0 N–H and O–H groups in total. The van der Waals surface area contributed by atoms with E-state index < -0.39 is 0 Å². The van der Waals surface area contributed by atoms with E-state index in [-0.39, 0.29) is 11.9 Å². The molecule has 138 valence electrons. The van der Waals surface area contributed by atoms with Crippen LogP contribution in [0.3, 0.4) is 0 Å². The molecule has 26 heavy (non-hydrogen) atoms. The minimum atomic E-state index is -0.0108. The minimum absolute atomic E-state index is 0.0108. The Morgan fingerprint density at radius 1 is 1.08 bits per heavy atom. The maximum atomic E-state index is 12.9. The summed E-state index contributed by atoms with van der Waals surface area (Å²) in [7, 11) is 0. The van der Waals surface area contributed by atoms with Crippen molar-refractivity contribution in [2.75, 3.05) is 26.2 Å². The van der Waals surface area contributed by atoms with Crippen molar-refractivity contribution in [3.63, 3.8) is 0 Å². The van der Waals surface area contributed by atoms with Gasteiger partial charge in [0.1, 0.15) is 11.8 Å². The van der Waals surface area contributed by atoms with Gasteiger partial charge in [-0.1, -0.05) is 30.3 Å². The van der Waals surface area contributed by atoms with Crippen molar-refractivity contribution in [2.24, 2.45) is 0 Å². The van der Waals surface area contributed by atoms with Crippen molar-refractivity contribution < 1.29 is 9.21 Å². The second kappa shape index (κ2) is 8.04. The summed E-state index contributed by atoms with van der Waals surface area (Å²) >= 11 is 0. The summed E-state index contributed by atoms with van der Waals surface area (Å²) in [6.07, 6.45) is 8.10. The van der Waals surface area contributed by atoms with E-state index in [1.807, 2.05) is 29.3 Å². The number of amides is 1. The van der Waals surface area contributed by atoms with Gasteiger partial charge in [0, 0.05) is 13.0 Å². The Morgan fingerprint density at radius 2 is 1.85 bits per heavy atom. The Balaban J connectivity index is 1.45. The average Bonchev–Trinajstić information content (AvgIpc) is 3.35. The Labute approximate surface area is 155 Å². The van der Waals surface area contributed by atoms with Gasteiger partial charge in [0.05, 0.1) is 12.7 Å². The first-order valence-electron chi connectivity index (χ1n) is 9.80. The third-order valence-electron chi connectivity index (χ3n) is 5.46.